The summed E-state index contributed by atoms with van der Waals surface area (Å²) < 4.78 is 5.40. The van der Waals surface area contributed by atoms with E-state index in [2.05, 4.69) is 31.0 Å². The minimum Gasteiger partial charge on any atom is -0.494 e. The number of ether oxygens (including phenoxy) is 1. The molecular weight excluding hydrogens is 200 g/mol. The van der Waals surface area contributed by atoms with Gasteiger partial charge in [0, 0.05) is 19.3 Å². The van der Waals surface area contributed by atoms with Gasteiger partial charge in [-0.05, 0) is 43.7 Å². The molecule has 0 aliphatic rings. The summed E-state index contributed by atoms with van der Waals surface area (Å²) in [5.74, 6) is 1.43. The SMILES string of the molecule is CCOc1ccc(N(C)CC(C)CN)cc1. The molecule has 1 rings (SSSR count). The van der Waals surface area contributed by atoms with Crippen LogP contribution in [0, 0.1) is 5.92 Å². The minimum absolute atomic E-state index is 0.511. The van der Waals surface area contributed by atoms with Crippen LogP contribution in [0.15, 0.2) is 24.3 Å². The standard InChI is InChI=1S/C13H22N2O/c1-4-16-13-7-5-12(6-8-13)15(3)10-11(2)9-14/h5-8,11H,4,9-10,14H2,1-3H3. The minimum atomic E-state index is 0.511. The first-order chi connectivity index (χ1) is 7.67. The van der Waals surface area contributed by atoms with E-state index < -0.39 is 0 Å². The first-order valence-corrected chi connectivity index (χ1v) is 5.81. The molecule has 1 aromatic rings. The summed E-state index contributed by atoms with van der Waals surface area (Å²) in [6.45, 7) is 6.55. The van der Waals surface area contributed by atoms with E-state index >= 15 is 0 Å². The summed E-state index contributed by atoms with van der Waals surface area (Å²) in [4.78, 5) is 2.22. The third kappa shape index (κ3) is 3.74. The van der Waals surface area contributed by atoms with Crippen molar-refractivity contribution >= 4 is 5.69 Å². The highest BCUT2D eigenvalue weighted by Gasteiger charge is 2.05. The van der Waals surface area contributed by atoms with Gasteiger partial charge in [-0.15, -0.1) is 0 Å². The van der Waals surface area contributed by atoms with Gasteiger partial charge in [0.15, 0.2) is 0 Å². The summed E-state index contributed by atoms with van der Waals surface area (Å²) >= 11 is 0. The molecule has 0 spiro atoms. The molecule has 0 heterocycles. The fraction of sp³-hybridized carbons (Fsp3) is 0.538. The third-order valence-corrected chi connectivity index (χ3v) is 2.58. The zero-order valence-corrected chi connectivity index (χ0v) is 10.4. The number of nitrogens with two attached hydrogens (primary N) is 1. The first kappa shape index (κ1) is 12.8. The van der Waals surface area contributed by atoms with Crippen molar-refractivity contribution in [2.24, 2.45) is 11.7 Å². The summed E-state index contributed by atoms with van der Waals surface area (Å²) in [6.07, 6.45) is 0. The molecule has 0 aromatic heterocycles. The second-order valence-corrected chi connectivity index (χ2v) is 4.15. The van der Waals surface area contributed by atoms with Crippen LogP contribution >= 0.6 is 0 Å². The molecule has 0 bridgehead atoms. The topological polar surface area (TPSA) is 38.5 Å². The monoisotopic (exact) mass is 222 g/mol. The second-order valence-electron chi connectivity index (χ2n) is 4.15. The van der Waals surface area contributed by atoms with Crippen molar-refractivity contribution in [1.29, 1.82) is 0 Å². The molecule has 90 valence electrons. The van der Waals surface area contributed by atoms with Gasteiger partial charge in [-0.3, -0.25) is 0 Å². The van der Waals surface area contributed by atoms with E-state index in [-0.39, 0.29) is 0 Å². The van der Waals surface area contributed by atoms with Crippen LogP contribution in [0.4, 0.5) is 5.69 Å². The Kier molecular flexibility index (Phi) is 5.12. The molecule has 1 aromatic carbocycles. The molecular formula is C13H22N2O. The molecule has 3 nitrogen and oxygen atoms in total. The quantitative estimate of drug-likeness (QED) is 0.801. The zero-order valence-electron chi connectivity index (χ0n) is 10.4. The Morgan fingerprint density at radius 3 is 2.44 bits per heavy atom. The van der Waals surface area contributed by atoms with Gasteiger partial charge in [0.25, 0.3) is 0 Å². The Labute approximate surface area is 98.2 Å². The Morgan fingerprint density at radius 1 is 1.31 bits per heavy atom. The largest absolute Gasteiger partial charge is 0.494 e. The van der Waals surface area contributed by atoms with Crippen molar-refractivity contribution in [3.63, 3.8) is 0 Å². The van der Waals surface area contributed by atoms with Crippen molar-refractivity contribution in [1.82, 2.24) is 0 Å². The molecule has 3 heteroatoms. The lowest BCUT2D eigenvalue weighted by molar-refractivity contribution is 0.340. The molecule has 1 unspecified atom stereocenters. The molecule has 16 heavy (non-hydrogen) atoms. The van der Waals surface area contributed by atoms with Crippen molar-refractivity contribution in [3.8, 4) is 5.75 Å². The molecule has 0 aliphatic carbocycles. The highest BCUT2D eigenvalue weighted by atomic mass is 16.5. The van der Waals surface area contributed by atoms with E-state index in [4.69, 9.17) is 10.5 Å². The van der Waals surface area contributed by atoms with Gasteiger partial charge in [0.2, 0.25) is 0 Å². The summed E-state index contributed by atoms with van der Waals surface area (Å²) in [5, 5.41) is 0. The maximum atomic E-state index is 5.62. The number of anilines is 1. The van der Waals surface area contributed by atoms with Gasteiger partial charge in [-0.1, -0.05) is 6.92 Å². The van der Waals surface area contributed by atoms with Crippen LogP contribution in [0.1, 0.15) is 13.8 Å². The molecule has 0 saturated heterocycles. The smallest absolute Gasteiger partial charge is 0.119 e. The lowest BCUT2D eigenvalue weighted by atomic mass is 10.1. The molecule has 0 fully saturated rings. The maximum Gasteiger partial charge on any atom is 0.119 e. The normalized spacial score (nSPS) is 12.2. The van der Waals surface area contributed by atoms with Crippen LogP contribution in [0.5, 0.6) is 5.75 Å². The molecule has 1 atom stereocenters. The fourth-order valence-electron chi connectivity index (χ4n) is 1.61. The van der Waals surface area contributed by atoms with Gasteiger partial charge in [0.1, 0.15) is 5.75 Å². The van der Waals surface area contributed by atoms with Gasteiger partial charge in [0.05, 0.1) is 6.61 Å². The Bertz CT molecular complexity index is 297. The van der Waals surface area contributed by atoms with Gasteiger partial charge in [-0.2, -0.15) is 0 Å². The number of rotatable bonds is 6. The van der Waals surface area contributed by atoms with Crippen LogP contribution in [-0.4, -0.2) is 26.7 Å². The average Bonchev–Trinajstić information content (AvgIpc) is 2.30. The lowest BCUT2D eigenvalue weighted by Gasteiger charge is -2.22. The first-order valence-electron chi connectivity index (χ1n) is 5.81. The lowest BCUT2D eigenvalue weighted by Crippen LogP contribution is -2.28. The van der Waals surface area contributed by atoms with Crippen molar-refractivity contribution < 1.29 is 4.74 Å². The number of nitrogens with zero attached hydrogens (tertiary/aromatic N) is 1. The van der Waals surface area contributed by atoms with Gasteiger partial charge in [-0.25, -0.2) is 0 Å². The zero-order chi connectivity index (χ0) is 12.0. The van der Waals surface area contributed by atoms with E-state index in [1.807, 2.05) is 19.1 Å². The van der Waals surface area contributed by atoms with Crippen LogP contribution < -0.4 is 15.4 Å². The van der Waals surface area contributed by atoms with E-state index in [0.717, 1.165) is 18.8 Å². The van der Waals surface area contributed by atoms with Crippen molar-refractivity contribution in [2.45, 2.75) is 13.8 Å². The average molecular weight is 222 g/mol. The highest BCUT2D eigenvalue weighted by Crippen LogP contribution is 2.19. The maximum absolute atomic E-state index is 5.62. The Hall–Kier alpha value is -1.22. The third-order valence-electron chi connectivity index (χ3n) is 2.58. The van der Waals surface area contributed by atoms with Gasteiger partial charge < -0.3 is 15.4 Å². The van der Waals surface area contributed by atoms with Crippen molar-refractivity contribution in [2.75, 3.05) is 31.6 Å². The van der Waals surface area contributed by atoms with Crippen LogP contribution in [-0.2, 0) is 0 Å². The Balaban J connectivity index is 2.59. The molecule has 2 N–H and O–H groups in total. The van der Waals surface area contributed by atoms with Crippen molar-refractivity contribution in [3.05, 3.63) is 24.3 Å². The molecule has 0 amide bonds. The number of hydrogen-bond donors (Lipinski definition) is 1. The number of hydrogen-bond acceptors (Lipinski definition) is 3. The summed E-state index contributed by atoms with van der Waals surface area (Å²) in [7, 11) is 2.09. The van der Waals surface area contributed by atoms with Crippen LogP contribution in [0.25, 0.3) is 0 Å². The van der Waals surface area contributed by atoms with Crippen LogP contribution in [0.3, 0.4) is 0 Å². The van der Waals surface area contributed by atoms with Crippen LogP contribution in [0.2, 0.25) is 0 Å². The second kappa shape index (κ2) is 6.38. The molecule has 0 radical (unpaired) electrons. The fourth-order valence-corrected chi connectivity index (χ4v) is 1.61. The summed E-state index contributed by atoms with van der Waals surface area (Å²) in [5.41, 5.74) is 6.81. The van der Waals surface area contributed by atoms with E-state index in [1.54, 1.807) is 0 Å². The summed E-state index contributed by atoms with van der Waals surface area (Å²) in [6, 6.07) is 8.16. The molecule has 0 saturated carbocycles. The van der Waals surface area contributed by atoms with Gasteiger partial charge >= 0.3 is 0 Å². The molecule has 0 aliphatic heterocycles. The van der Waals surface area contributed by atoms with E-state index in [1.165, 1.54) is 5.69 Å². The van der Waals surface area contributed by atoms with E-state index in [9.17, 15) is 0 Å². The predicted octanol–water partition coefficient (Wildman–Crippen LogP) is 2.12. The predicted molar refractivity (Wildman–Crippen MR) is 69.1 cm³/mol. The van der Waals surface area contributed by atoms with E-state index in [0.29, 0.717) is 12.5 Å². The Morgan fingerprint density at radius 2 is 1.94 bits per heavy atom. The highest BCUT2D eigenvalue weighted by molar-refractivity contribution is 5.48. The number of benzene rings is 1.